The molecule has 6 nitrogen and oxygen atoms in total. The third-order valence-electron chi connectivity index (χ3n) is 3.01. The van der Waals surface area contributed by atoms with Crippen molar-refractivity contribution in [1.82, 2.24) is 10.6 Å². The van der Waals surface area contributed by atoms with Gasteiger partial charge in [0, 0.05) is 12.6 Å². The maximum atomic E-state index is 12.4. The van der Waals surface area contributed by atoms with Gasteiger partial charge in [0.25, 0.3) is 0 Å². The molecule has 0 aliphatic carbocycles. The van der Waals surface area contributed by atoms with Crippen molar-refractivity contribution < 1.29 is 27.8 Å². The highest BCUT2D eigenvalue weighted by Crippen LogP contribution is 2.30. The van der Waals surface area contributed by atoms with Crippen LogP contribution >= 0.6 is 0 Å². The van der Waals surface area contributed by atoms with Crippen LogP contribution in [0.25, 0.3) is 6.08 Å². The molecule has 1 rings (SSSR count). The van der Waals surface area contributed by atoms with Gasteiger partial charge >= 0.3 is 6.61 Å². The number of halogens is 2. The van der Waals surface area contributed by atoms with Crippen LogP contribution in [0.3, 0.4) is 0 Å². The highest BCUT2D eigenvalue weighted by Gasteiger charge is 2.13. The Morgan fingerprint density at radius 2 is 1.96 bits per heavy atom. The molecule has 138 valence electrons. The van der Waals surface area contributed by atoms with E-state index in [1.54, 1.807) is 20.8 Å². The Morgan fingerprint density at radius 1 is 1.24 bits per heavy atom. The summed E-state index contributed by atoms with van der Waals surface area (Å²) in [5.41, 5.74) is 0.561. The zero-order valence-electron chi connectivity index (χ0n) is 14.3. The number of likely N-dealkylation sites (N-methyl/N-ethyl adjacent to an activating group) is 1. The fourth-order valence-electron chi connectivity index (χ4n) is 1.92. The van der Waals surface area contributed by atoms with Gasteiger partial charge in [-0.3, -0.25) is 9.59 Å². The third-order valence-corrected chi connectivity index (χ3v) is 3.01. The van der Waals surface area contributed by atoms with Gasteiger partial charge in [-0.05, 0) is 44.5 Å². The largest absolute Gasteiger partial charge is 0.490 e. The summed E-state index contributed by atoms with van der Waals surface area (Å²) in [7, 11) is 0. The highest BCUT2D eigenvalue weighted by atomic mass is 19.3. The summed E-state index contributed by atoms with van der Waals surface area (Å²) >= 11 is 0. The van der Waals surface area contributed by atoms with Crippen molar-refractivity contribution in [3.05, 3.63) is 29.8 Å². The number of nitrogens with one attached hydrogen (secondary N) is 2. The van der Waals surface area contributed by atoms with E-state index in [0.717, 1.165) is 0 Å². The lowest BCUT2D eigenvalue weighted by molar-refractivity contribution is -0.126. The molecule has 0 saturated carbocycles. The average molecular weight is 356 g/mol. The number of rotatable bonds is 9. The molecule has 0 bridgehead atoms. The lowest BCUT2D eigenvalue weighted by atomic mass is 10.2. The smallest absolute Gasteiger partial charge is 0.387 e. The molecule has 1 atom stereocenters. The van der Waals surface area contributed by atoms with Gasteiger partial charge in [-0.15, -0.1) is 0 Å². The number of ether oxygens (including phenoxy) is 2. The highest BCUT2D eigenvalue weighted by molar-refractivity contribution is 5.95. The summed E-state index contributed by atoms with van der Waals surface area (Å²) in [5.74, 6) is -0.662. The van der Waals surface area contributed by atoms with Gasteiger partial charge in [0.2, 0.25) is 11.8 Å². The van der Waals surface area contributed by atoms with Crippen molar-refractivity contribution in [3.63, 3.8) is 0 Å². The number of amides is 2. The molecule has 0 spiro atoms. The second-order valence-corrected chi connectivity index (χ2v) is 4.98. The number of hydrogen-bond donors (Lipinski definition) is 2. The van der Waals surface area contributed by atoms with Crippen LogP contribution in [0, 0.1) is 0 Å². The molecule has 1 aromatic rings. The van der Waals surface area contributed by atoms with Crippen molar-refractivity contribution in [2.45, 2.75) is 33.4 Å². The summed E-state index contributed by atoms with van der Waals surface area (Å²) in [6, 6.07) is 3.67. The van der Waals surface area contributed by atoms with E-state index in [4.69, 9.17) is 4.74 Å². The molecule has 0 aromatic heterocycles. The zero-order valence-corrected chi connectivity index (χ0v) is 14.3. The summed E-state index contributed by atoms with van der Waals surface area (Å²) in [5, 5.41) is 5.12. The third kappa shape index (κ3) is 7.19. The number of carbonyl (C=O) groups excluding carboxylic acids is 2. The van der Waals surface area contributed by atoms with E-state index in [1.807, 2.05) is 0 Å². The van der Waals surface area contributed by atoms with Crippen molar-refractivity contribution in [3.8, 4) is 11.5 Å². The predicted molar refractivity (Wildman–Crippen MR) is 89.6 cm³/mol. The van der Waals surface area contributed by atoms with E-state index in [9.17, 15) is 18.4 Å². The van der Waals surface area contributed by atoms with Gasteiger partial charge in [0.05, 0.1) is 6.61 Å². The Labute approximate surface area is 145 Å². The van der Waals surface area contributed by atoms with E-state index in [2.05, 4.69) is 15.4 Å². The van der Waals surface area contributed by atoms with E-state index in [1.165, 1.54) is 30.4 Å². The van der Waals surface area contributed by atoms with Gasteiger partial charge in [-0.2, -0.15) is 8.78 Å². The monoisotopic (exact) mass is 356 g/mol. The normalized spacial score (nSPS) is 12.1. The fourth-order valence-corrected chi connectivity index (χ4v) is 1.92. The molecule has 8 heteroatoms. The molecule has 0 heterocycles. The van der Waals surface area contributed by atoms with Crippen LogP contribution in [0.4, 0.5) is 8.78 Å². The minimum absolute atomic E-state index is 0.0803. The standard InChI is InChI=1S/C17H22F2N2O4/c1-4-20-16(23)11(3)21-15(22)9-7-12-6-8-13(25-17(18)19)14(10-12)24-5-2/h6-11,17H,4-5H2,1-3H3,(H,20,23)(H,21,22)/b9-7+/t11-/m1/s1. The van der Waals surface area contributed by atoms with Gasteiger partial charge in [-0.1, -0.05) is 6.07 Å². The Bertz CT molecular complexity index is 621. The molecular formula is C17H22F2N2O4. The zero-order chi connectivity index (χ0) is 18.8. The first kappa shape index (κ1) is 20.4. The van der Waals surface area contributed by atoms with E-state index in [0.29, 0.717) is 12.1 Å². The first-order chi connectivity index (χ1) is 11.9. The second kappa shape index (κ2) is 10.3. The van der Waals surface area contributed by atoms with E-state index in [-0.39, 0.29) is 24.0 Å². The Morgan fingerprint density at radius 3 is 2.56 bits per heavy atom. The van der Waals surface area contributed by atoms with Crippen molar-refractivity contribution >= 4 is 17.9 Å². The number of benzene rings is 1. The molecule has 2 amide bonds. The van der Waals surface area contributed by atoms with Crippen LogP contribution in [-0.4, -0.2) is 37.6 Å². The Balaban J connectivity index is 2.77. The van der Waals surface area contributed by atoms with E-state index >= 15 is 0 Å². The number of carbonyl (C=O) groups is 2. The quantitative estimate of drug-likeness (QED) is 0.666. The molecule has 0 fully saturated rings. The lowest BCUT2D eigenvalue weighted by Crippen LogP contribution is -2.44. The Kier molecular flexibility index (Phi) is 8.38. The summed E-state index contributed by atoms with van der Waals surface area (Å²) in [4.78, 5) is 23.4. The molecule has 25 heavy (non-hydrogen) atoms. The number of hydrogen-bond acceptors (Lipinski definition) is 4. The maximum absolute atomic E-state index is 12.4. The van der Waals surface area contributed by atoms with Crippen LogP contribution in [0.15, 0.2) is 24.3 Å². The van der Waals surface area contributed by atoms with Gasteiger partial charge < -0.3 is 20.1 Å². The molecule has 1 aromatic carbocycles. The summed E-state index contributed by atoms with van der Waals surface area (Å²) < 4.78 is 34.4. The van der Waals surface area contributed by atoms with Crippen LogP contribution in [0.5, 0.6) is 11.5 Å². The molecule has 2 N–H and O–H groups in total. The van der Waals surface area contributed by atoms with Crippen LogP contribution < -0.4 is 20.1 Å². The van der Waals surface area contributed by atoms with Crippen molar-refractivity contribution in [1.29, 1.82) is 0 Å². The van der Waals surface area contributed by atoms with Crippen molar-refractivity contribution in [2.75, 3.05) is 13.2 Å². The second-order valence-electron chi connectivity index (χ2n) is 4.98. The van der Waals surface area contributed by atoms with Gasteiger partial charge in [0.1, 0.15) is 6.04 Å². The molecule has 0 aliphatic heterocycles. The number of alkyl halides is 2. The molecular weight excluding hydrogens is 334 g/mol. The minimum Gasteiger partial charge on any atom is -0.490 e. The van der Waals surface area contributed by atoms with Crippen molar-refractivity contribution in [2.24, 2.45) is 0 Å². The Hall–Kier alpha value is -2.64. The molecule has 0 aliphatic rings. The topological polar surface area (TPSA) is 76.7 Å². The predicted octanol–water partition coefficient (Wildman–Crippen LogP) is 2.34. The van der Waals surface area contributed by atoms with Gasteiger partial charge in [-0.25, -0.2) is 0 Å². The molecule has 0 saturated heterocycles. The lowest BCUT2D eigenvalue weighted by Gasteiger charge is -2.12. The minimum atomic E-state index is -2.96. The fraction of sp³-hybridized carbons (Fsp3) is 0.412. The van der Waals surface area contributed by atoms with Crippen LogP contribution in [0.1, 0.15) is 26.3 Å². The summed E-state index contributed by atoms with van der Waals surface area (Å²) in [6.45, 7) is 2.86. The maximum Gasteiger partial charge on any atom is 0.387 e. The SMILES string of the molecule is CCNC(=O)[C@@H](C)NC(=O)/C=C/c1ccc(OC(F)F)c(OCC)c1. The van der Waals surface area contributed by atoms with Crippen LogP contribution in [0.2, 0.25) is 0 Å². The first-order valence-corrected chi connectivity index (χ1v) is 7.85. The van der Waals surface area contributed by atoms with Crippen LogP contribution in [-0.2, 0) is 9.59 Å². The van der Waals surface area contributed by atoms with Gasteiger partial charge in [0.15, 0.2) is 11.5 Å². The molecule has 0 unspecified atom stereocenters. The van der Waals surface area contributed by atoms with E-state index < -0.39 is 18.6 Å². The molecule has 0 radical (unpaired) electrons. The first-order valence-electron chi connectivity index (χ1n) is 7.85. The average Bonchev–Trinajstić information content (AvgIpc) is 2.55. The summed E-state index contributed by atoms with van der Waals surface area (Å²) in [6.07, 6.45) is 2.73.